The van der Waals surface area contributed by atoms with Crippen LogP contribution in [0.15, 0.2) is 57.9 Å². The number of thioether (sulfide) groups is 1. The van der Waals surface area contributed by atoms with Crippen molar-refractivity contribution in [2.75, 3.05) is 10.2 Å². The standard InChI is InChI=1S/C16H15BrN2S2/c1-2-15-19(13-8-3-4-9-14(13)21-15)16(20)18-12-7-5-6-11(17)10-12/h3-10,15H,2H2,1H3,(H,18,20). The molecular formula is C16H15BrN2S2. The highest BCUT2D eigenvalue weighted by Gasteiger charge is 2.31. The largest absolute Gasteiger partial charge is 0.332 e. The maximum Gasteiger partial charge on any atom is 0.178 e. The summed E-state index contributed by atoms with van der Waals surface area (Å²) in [6.45, 7) is 2.19. The number of halogens is 1. The Morgan fingerprint density at radius 3 is 2.86 bits per heavy atom. The molecule has 0 spiro atoms. The van der Waals surface area contributed by atoms with Gasteiger partial charge in [-0.25, -0.2) is 0 Å². The van der Waals surface area contributed by atoms with E-state index in [1.54, 1.807) is 0 Å². The number of rotatable bonds is 2. The van der Waals surface area contributed by atoms with Crippen molar-refractivity contribution in [3.8, 4) is 0 Å². The van der Waals surface area contributed by atoms with Crippen molar-refractivity contribution in [2.45, 2.75) is 23.6 Å². The number of para-hydroxylation sites is 1. The van der Waals surface area contributed by atoms with E-state index in [1.807, 2.05) is 36.0 Å². The fourth-order valence-electron chi connectivity index (χ4n) is 2.37. The van der Waals surface area contributed by atoms with Crippen LogP contribution in [0.4, 0.5) is 11.4 Å². The second-order valence-electron chi connectivity index (χ2n) is 4.76. The molecule has 0 radical (unpaired) electrons. The third-order valence-electron chi connectivity index (χ3n) is 3.32. The Morgan fingerprint density at radius 2 is 2.10 bits per heavy atom. The Bertz CT molecular complexity index is 675. The smallest absolute Gasteiger partial charge is 0.178 e. The number of hydrogen-bond acceptors (Lipinski definition) is 2. The van der Waals surface area contributed by atoms with Crippen molar-refractivity contribution in [3.63, 3.8) is 0 Å². The second-order valence-corrected chi connectivity index (χ2v) is 7.28. The zero-order valence-corrected chi connectivity index (χ0v) is 14.8. The van der Waals surface area contributed by atoms with Gasteiger partial charge in [-0.1, -0.05) is 52.8 Å². The van der Waals surface area contributed by atoms with Crippen LogP contribution >= 0.6 is 39.9 Å². The molecule has 2 nitrogen and oxygen atoms in total. The van der Waals surface area contributed by atoms with Crippen LogP contribution in [0.5, 0.6) is 0 Å². The Hall–Kier alpha value is -1.04. The first-order valence-electron chi connectivity index (χ1n) is 6.80. The van der Waals surface area contributed by atoms with Crippen LogP contribution in [0, 0.1) is 0 Å². The van der Waals surface area contributed by atoms with E-state index in [1.165, 1.54) is 10.6 Å². The van der Waals surface area contributed by atoms with Crippen LogP contribution in [-0.4, -0.2) is 10.5 Å². The van der Waals surface area contributed by atoms with Crippen molar-refractivity contribution < 1.29 is 0 Å². The van der Waals surface area contributed by atoms with E-state index in [9.17, 15) is 0 Å². The molecule has 108 valence electrons. The van der Waals surface area contributed by atoms with Gasteiger partial charge in [0.05, 0.1) is 11.1 Å². The molecule has 1 unspecified atom stereocenters. The number of anilines is 2. The first-order chi connectivity index (χ1) is 10.2. The van der Waals surface area contributed by atoms with Crippen molar-refractivity contribution in [1.82, 2.24) is 0 Å². The van der Waals surface area contributed by atoms with Crippen LogP contribution < -0.4 is 10.2 Å². The van der Waals surface area contributed by atoms with Gasteiger partial charge in [0.25, 0.3) is 0 Å². The van der Waals surface area contributed by atoms with Crippen molar-refractivity contribution in [1.29, 1.82) is 0 Å². The molecule has 0 aromatic heterocycles. The zero-order valence-electron chi connectivity index (χ0n) is 11.5. The number of hydrogen-bond donors (Lipinski definition) is 1. The molecule has 2 aromatic rings. The topological polar surface area (TPSA) is 15.3 Å². The molecule has 1 N–H and O–H groups in total. The molecule has 0 fully saturated rings. The lowest BCUT2D eigenvalue weighted by atomic mass is 10.3. The molecule has 0 aliphatic carbocycles. The summed E-state index contributed by atoms with van der Waals surface area (Å²) in [6, 6.07) is 16.5. The first kappa shape index (κ1) is 14.9. The highest BCUT2D eigenvalue weighted by molar-refractivity contribution is 9.10. The minimum absolute atomic E-state index is 0.356. The molecule has 1 aliphatic heterocycles. The number of benzene rings is 2. The zero-order chi connectivity index (χ0) is 14.8. The Labute approximate surface area is 143 Å². The summed E-state index contributed by atoms with van der Waals surface area (Å²) < 4.78 is 1.04. The Kier molecular flexibility index (Phi) is 4.52. The van der Waals surface area contributed by atoms with E-state index in [4.69, 9.17) is 12.2 Å². The van der Waals surface area contributed by atoms with Gasteiger partial charge in [0.1, 0.15) is 0 Å². The molecule has 0 amide bonds. The Balaban J connectivity index is 1.86. The summed E-state index contributed by atoms with van der Waals surface area (Å²) >= 11 is 11.0. The quantitative estimate of drug-likeness (QED) is 0.694. The van der Waals surface area contributed by atoms with Gasteiger partial charge in [-0.2, -0.15) is 0 Å². The van der Waals surface area contributed by atoms with Gasteiger partial charge in [0, 0.05) is 15.1 Å². The molecule has 0 saturated heterocycles. The maximum absolute atomic E-state index is 5.64. The maximum atomic E-state index is 5.64. The molecule has 2 aromatic carbocycles. The van der Waals surface area contributed by atoms with E-state index in [-0.39, 0.29) is 0 Å². The highest BCUT2D eigenvalue weighted by Crippen LogP contribution is 2.44. The third kappa shape index (κ3) is 3.10. The van der Waals surface area contributed by atoms with E-state index in [2.05, 4.69) is 57.3 Å². The van der Waals surface area contributed by atoms with E-state index in [0.29, 0.717) is 5.37 Å². The van der Waals surface area contributed by atoms with Crippen molar-refractivity contribution in [3.05, 3.63) is 53.0 Å². The van der Waals surface area contributed by atoms with Crippen LogP contribution in [0.3, 0.4) is 0 Å². The predicted molar refractivity (Wildman–Crippen MR) is 99.2 cm³/mol. The normalized spacial score (nSPS) is 16.7. The molecule has 3 rings (SSSR count). The van der Waals surface area contributed by atoms with Crippen molar-refractivity contribution in [2.24, 2.45) is 0 Å². The monoisotopic (exact) mass is 378 g/mol. The summed E-state index contributed by atoms with van der Waals surface area (Å²) in [5.41, 5.74) is 2.19. The SMILES string of the molecule is CCC1Sc2ccccc2N1C(=S)Nc1cccc(Br)c1. The average molecular weight is 379 g/mol. The van der Waals surface area contributed by atoms with Gasteiger partial charge < -0.3 is 10.2 Å². The molecule has 0 bridgehead atoms. The molecular weight excluding hydrogens is 364 g/mol. The van der Waals surface area contributed by atoms with Gasteiger partial charge in [0.2, 0.25) is 0 Å². The summed E-state index contributed by atoms with van der Waals surface area (Å²) in [5, 5.41) is 4.45. The lowest BCUT2D eigenvalue weighted by Gasteiger charge is -2.26. The minimum Gasteiger partial charge on any atom is -0.332 e. The summed E-state index contributed by atoms with van der Waals surface area (Å²) in [7, 11) is 0. The number of nitrogens with zero attached hydrogens (tertiary/aromatic N) is 1. The van der Waals surface area contributed by atoms with Gasteiger partial charge >= 0.3 is 0 Å². The lowest BCUT2D eigenvalue weighted by Crippen LogP contribution is -2.38. The predicted octanol–water partition coefficient (Wildman–Crippen LogP) is 5.49. The van der Waals surface area contributed by atoms with Crippen LogP contribution in [0.1, 0.15) is 13.3 Å². The molecule has 5 heteroatoms. The first-order valence-corrected chi connectivity index (χ1v) is 8.88. The average Bonchev–Trinajstić information content (AvgIpc) is 2.85. The Morgan fingerprint density at radius 1 is 1.29 bits per heavy atom. The van der Waals surface area contributed by atoms with E-state index < -0.39 is 0 Å². The molecule has 21 heavy (non-hydrogen) atoms. The van der Waals surface area contributed by atoms with E-state index >= 15 is 0 Å². The lowest BCUT2D eigenvalue weighted by molar-refractivity contribution is 0.861. The highest BCUT2D eigenvalue weighted by atomic mass is 79.9. The van der Waals surface area contributed by atoms with E-state index in [0.717, 1.165) is 21.7 Å². The van der Waals surface area contributed by atoms with Crippen molar-refractivity contribution >= 4 is 56.4 Å². The minimum atomic E-state index is 0.356. The molecule has 1 atom stereocenters. The number of nitrogens with one attached hydrogen (secondary N) is 1. The fourth-order valence-corrected chi connectivity index (χ4v) is 4.40. The fraction of sp³-hybridized carbons (Fsp3) is 0.188. The summed E-state index contributed by atoms with van der Waals surface area (Å²) in [4.78, 5) is 3.51. The van der Waals surface area contributed by atoms with Gasteiger partial charge in [-0.3, -0.25) is 0 Å². The second kappa shape index (κ2) is 6.38. The summed E-state index contributed by atoms with van der Waals surface area (Å²) in [6.07, 6.45) is 1.04. The van der Waals surface area contributed by atoms with Crippen LogP contribution in [0.2, 0.25) is 0 Å². The van der Waals surface area contributed by atoms with Gasteiger partial charge in [-0.15, -0.1) is 0 Å². The van der Waals surface area contributed by atoms with Gasteiger partial charge in [-0.05, 0) is 49.0 Å². The van der Waals surface area contributed by atoms with Crippen LogP contribution in [0.25, 0.3) is 0 Å². The molecule has 0 saturated carbocycles. The van der Waals surface area contributed by atoms with Crippen LogP contribution in [-0.2, 0) is 0 Å². The third-order valence-corrected chi connectivity index (χ3v) is 5.53. The molecule has 1 aliphatic rings. The molecule has 1 heterocycles. The number of thiocarbonyl (C=S) groups is 1. The summed E-state index contributed by atoms with van der Waals surface area (Å²) in [5.74, 6) is 0. The number of fused-ring (bicyclic) bond motifs is 1. The van der Waals surface area contributed by atoms with Gasteiger partial charge in [0.15, 0.2) is 5.11 Å².